The molecule has 1 aromatic heterocycles. The monoisotopic (exact) mass is 393 g/mol. The van der Waals surface area contributed by atoms with E-state index >= 15 is 0 Å². The van der Waals surface area contributed by atoms with Gasteiger partial charge in [0.15, 0.2) is 11.6 Å². The van der Waals surface area contributed by atoms with Crippen LogP contribution in [0.3, 0.4) is 0 Å². The van der Waals surface area contributed by atoms with E-state index in [9.17, 15) is 18.4 Å². The molecule has 2 heterocycles. The number of nitrogens with one attached hydrogen (secondary N) is 1. The number of rotatable bonds is 5. The summed E-state index contributed by atoms with van der Waals surface area (Å²) >= 11 is 1.56. The molecule has 1 fully saturated rings. The molecule has 0 aliphatic carbocycles. The van der Waals surface area contributed by atoms with Gasteiger partial charge >= 0.3 is 0 Å². The predicted octanol–water partition coefficient (Wildman–Crippen LogP) is 3.12. The number of thiazole rings is 1. The molecule has 1 N–H and O–H groups in total. The number of likely N-dealkylation sites (tertiary alicyclic amines) is 1. The predicted molar refractivity (Wildman–Crippen MR) is 98.7 cm³/mol. The number of benzene rings is 1. The highest BCUT2D eigenvalue weighted by Gasteiger charge is 2.27. The molecule has 1 saturated heterocycles. The van der Waals surface area contributed by atoms with E-state index in [0.717, 1.165) is 35.7 Å². The van der Waals surface area contributed by atoms with Crippen LogP contribution in [0.1, 0.15) is 46.7 Å². The summed E-state index contributed by atoms with van der Waals surface area (Å²) in [6.07, 6.45) is 2.43. The smallest absolute Gasteiger partial charge is 0.253 e. The van der Waals surface area contributed by atoms with Gasteiger partial charge in [0.2, 0.25) is 5.91 Å². The third-order valence-electron chi connectivity index (χ3n) is 4.55. The van der Waals surface area contributed by atoms with Crippen LogP contribution in [0.5, 0.6) is 0 Å². The van der Waals surface area contributed by atoms with Crippen molar-refractivity contribution >= 4 is 23.2 Å². The number of hydrogen-bond acceptors (Lipinski definition) is 4. The van der Waals surface area contributed by atoms with E-state index < -0.39 is 11.6 Å². The summed E-state index contributed by atoms with van der Waals surface area (Å²) < 4.78 is 26.5. The normalized spacial score (nSPS) is 17.0. The van der Waals surface area contributed by atoms with Crippen LogP contribution in [0.4, 0.5) is 8.78 Å². The van der Waals surface area contributed by atoms with Crippen molar-refractivity contribution in [2.45, 2.75) is 32.1 Å². The maximum Gasteiger partial charge on any atom is 0.253 e. The Morgan fingerprint density at radius 1 is 1.33 bits per heavy atom. The molecular weight excluding hydrogens is 372 g/mol. The number of amides is 2. The molecule has 0 radical (unpaired) electrons. The standard InChI is InChI=1S/C19H21F2N3O2S/c1-12(25)22-7-6-15-11-27-18(23-15)14-3-2-8-24(10-14)19(26)13-4-5-16(20)17(21)9-13/h4-5,9,11,14H,2-3,6-8,10H2,1H3,(H,22,25)/t14-/m0/s1. The van der Waals surface area contributed by atoms with Crippen molar-refractivity contribution in [1.82, 2.24) is 15.2 Å². The van der Waals surface area contributed by atoms with Gasteiger partial charge in [0.05, 0.1) is 10.7 Å². The van der Waals surface area contributed by atoms with Gasteiger partial charge in [-0.3, -0.25) is 9.59 Å². The quantitative estimate of drug-likeness (QED) is 0.849. The van der Waals surface area contributed by atoms with Gasteiger partial charge in [-0.05, 0) is 31.0 Å². The molecule has 144 valence electrons. The zero-order valence-electron chi connectivity index (χ0n) is 15.0. The first-order valence-electron chi connectivity index (χ1n) is 8.87. The number of carbonyl (C=O) groups is 2. The molecular formula is C19H21F2N3O2S. The first-order chi connectivity index (χ1) is 12.9. The molecule has 1 aromatic carbocycles. The Labute approximate surface area is 160 Å². The minimum Gasteiger partial charge on any atom is -0.356 e. The maximum atomic E-state index is 13.4. The Kier molecular flexibility index (Phi) is 6.15. The molecule has 1 aliphatic rings. The second-order valence-electron chi connectivity index (χ2n) is 6.63. The summed E-state index contributed by atoms with van der Waals surface area (Å²) in [4.78, 5) is 29.9. The molecule has 0 saturated carbocycles. The second kappa shape index (κ2) is 8.56. The Bertz CT molecular complexity index is 840. The van der Waals surface area contributed by atoms with E-state index in [1.165, 1.54) is 13.0 Å². The van der Waals surface area contributed by atoms with Gasteiger partial charge < -0.3 is 10.2 Å². The molecule has 2 amide bonds. The van der Waals surface area contributed by atoms with Gasteiger partial charge in [0.1, 0.15) is 0 Å². The van der Waals surface area contributed by atoms with E-state index in [-0.39, 0.29) is 23.3 Å². The lowest BCUT2D eigenvalue weighted by molar-refractivity contribution is -0.118. The summed E-state index contributed by atoms with van der Waals surface area (Å²) in [5, 5.41) is 5.69. The average Bonchev–Trinajstić information content (AvgIpc) is 3.12. The van der Waals surface area contributed by atoms with E-state index in [1.54, 1.807) is 16.2 Å². The highest BCUT2D eigenvalue weighted by atomic mass is 32.1. The lowest BCUT2D eigenvalue weighted by Crippen LogP contribution is -2.39. The minimum atomic E-state index is -1.02. The van der Waals surface area contributed by atoms with Crippen LogP contribution in [-0.4, -0.2) is 41.3 Å². The van der Waals surface area contributed by atoms with Gasteiger partial charge in [-0.25, -0.2) is 13.8 Å². The van der Waals surface area contributed by atoms with E-state index in [1.807, 2.05) is 5.38 Å². The summed E-state index contributed by atoms with van der Waals surface area (Å²) in [5.74, 6) is -2.20. The van der Waals surface area contributed by atoms with Crippen molar-refractivity contribution in [3.8, 4) is 0 Å². The van der Waals surface area contributed by atoms with Gasteiger partial charge in [-0.2, -0.15) is 0 Å². The van der Waals surface area contributed by atoms with Crippen LogP contribution in [-0.2, 0) is 11.2 Å². The second-order valence-corrected chi connectivity index (χ2v) is 7.52. The fourth-order valence-electron chi connectivity index (χ4n) is 3.17. The lowest BCUT2D eigenvalue weighted by atomic mass is 9.98. The Morgan fingerprint density at radius 2 is 2.15 bits per heavy atom. The summed E-state index contributed by atoms with van der Waals surface area (Å²) in [6, 6.07) is 3.24. The summed E-state index contributed by atoms with van der Waals surface area (Å²) in [7, 11) is 0. The van der Waals surface area contributed by atoms with Crippen molar-refractivity contribution in [2.24, 2.45) is 0 Å². The van der Waals surface area contributed by atoms with Gasteiger partial charge in [0.25, 0.3) is 5.91 Å². The van der Waals surface area contributed by atoms with Gasteiger partial charge in [-0.1, -0.05) is 0 Å². The molecule has 0 spiro atoms. The third-order valence-corrected chi connectivity index (χ3v) is 5.61. The number of halogens is 2. The summed E-state index contributed by atoms with van der Waals surface area (Å²) in [5.41, 5.74) is 1.08. The molecule has 27 heavy (non-hydrogen) atoms. The van der Waals surface area contributed by atoms with Crippen LogP contribution in [0.25, 0.3) is 0 Å². The lowest BCUT2D eigenvalue weighted by Gasteiger charge is -2.32. The molecule has 0 bridgehead atoms. The minimum absolute atomic E-state index is 0.0656. The molecule has 1 aliphatic heterocycles. The van der Waals surface area contributed by atoms with E-state index in [4.69, 9.17) is 0 Å². The number of carbonyl (C=O) groups excluding carboxylic acids is 2. The molecule has 2 aromatic rings. The third kappa shape index (κ3) is 4.88. The van der Waals surface area contributed by atoms with Gasteiger partial charge in [-0.15, -0.1) is 11.3 Å². The SMILES string of the molecule is CC(=O)NCCc1csc([C@H]2CCCN(C(=O)c3ccc(F)c(F)c3)C2)n1. The average molecular weight is 393 g/mol. The highest BCUT2D eigenvalue weighted by Crippen LogP contribution is 2.30. The fourth-order valence-corrected chi connectivity index (χ4v) is 4.15. The van der Waals surface area contributed by atoms with Crippen LogP contribution >= 0.6 is 11.3 Å². The van der Waals surface area contributed by atoms with Crippen LogP contribution in [0.2, 0.25) is 0 Å². The van der Waals surface area contributed by atoms with Crippen LogP contribution < -0.4 is 5.32 Å². The Hall–Kier alpha value is -2.35. The van der Waals surface area contributed by atoms with Crippen molar-refractivity contribution in [3.05, 3.63) is 51.5 Å². The number of hydrogen-bond donors (Lipinski definition) is 1. The first-order valence-corrected chi connectivity index (χ1v) is 9.75. The van der Waals surface area contributed by atoms with Gasteiger partial charge in [0, 0.05) is 49.8 Å². The van der Waals surface area contributed by atoms with E-state index in [0.29, 0.717) is 26.1 Å². The van der Waals surface area contributed by atoms with Crippen molar-refractivity contribution in [2.75, 3.05) is 19.6 Å². The van der Waals surface area contributed by atoms with E-state index in [2.05, 4.69) is 10.3 Å². The summed E-state index contributed by atoms with van der Waals surface area (Å²) in [6.45, 7) is 3.13. The molecule has 5 nitrogen and oxygen atoms in total. The number of aromatic nitrogens is 1. The highest BCUT2D eigenvalue weighted by molar-refractivity contribution is 7.09. The fraction of sp³-hybridized carbons (Fsp3) is 0.421. The van der Waals surface area contributed by atoms with Crippen LogP contribution in [0.15, 0.2) is 23.6 Å². The topological polar surface area (TPSA) is 62.3 Å². The number of nitrogens with zero attached hydrogens (tertiary/aromatic N) is 2. The van der Waals surface area contributed by atoms with Crippen molar-refractivity contribution < 1.29 is 18.4 Å². The van der Waals surface area contributed by atoms with Crippen molar-refractivity contribution in [3.63, 3.8) is 0 Å². The molecule has 0 unspecified atom stereocenters. The molecule has 1 atom stereocenters. The molecule has 3 rings (SSSR count). The largest absolute Gasteiger partial charge is 0.356 e. The zero-order chi connectivity index (χ0) is 19.4. The Balaban J connectivity index is 1.63. The zero-order valence-corrected chi connectivity index (χ0v) is 15.8. The van der Waals surface area contributed by atoms with Crippen molar-refractivity contribution in [1.29, 1.82) is 0 Å². The van der Waals surface area contributed by atoms with Crippen LogP contribution in [0, 0.1) is 11.6 Å². The Morgan fingerprint density at radius 3 is 2.89 bits per heavy atom. The first kappa shape index (κ1) is 19.4. The molecule has 8 heteroatoms. The maximum absolute atomic E-state index is 13.4. The number of piperidine rings is 1.